The van der Waals surface area contributed by atoms with Gasteiger partial charge < -0.3 is 15.0 Å². The smallest absolute Gasteiger partial charge is 0.133 e. The van der Waals surface area contributed by atoms with E-state index in [1.54, 1.807) is 6.33 Å². The standard InChI is InChI=1S/C12H22N4O/c17-8-2-7-16-10-14-15-12(16)9-11-3-1-5-13-6-4-11/h10-11,13,17H,1-9H2. The Morgan fingerprint density at radius 3 is 3.24 bits per heavy atom. The minimum Gasteiger partial charge on any atom is -0.396 e. The lowest BCUT2D eigenvalue weighted by molar-refractivity contribution is 0.278. The summed E-state index contributed by atoms with van der Waals surface area (Å²) >= 11 is 0. The quantitative estimate of drug-likeness (QED) is 0.788. The Hall–Kier alpha value is -0.940. The molecule has 1 fully saturated rings. The largest absolute Gasteiger partial charge is 0.396 e. The Kier molecular flexibility index (Phi) is 4.94. The van der Waals surface area contributed by atoms with Gasteiger partial charge in [-0.2, -0.15) is 0 Å². The first-order valence-electron chi connectivity index (χ1n) is 6.58. The molecule has 0 bridgehead atoms. The molecule has 0 spiro atoms. The maximum atomic E-state index is 8.85. The summed E-state index contributed by atoms with van der Waals surface area (Å²) < 4.78 is 2.08. The van der Waals surface area contributed by atoms with E-state index >= 15 is 0 Å². The molecule has 0 aliphatic carbocycles. The molecule has 2 heterocycles. The first-order valence-corrected chi connectivity index (χ1v) is 6.58. The van der Waals surface area contributed by atoms with Crippen molar-refractivity contribution < 1.29 is 5.11 Å². The second kappa shape index (κ2) is 6.71. The number of aliphatic hydroxyl groups is 1. The lowest BCUT2D eigenvalue weighted by Crippen LogP contribution is -2.15. The highest BCUT2D eigenvalue weighted by atomic mass is 16.3. The molecule has 0 saturated carbocycles. The third-order valence-electron chi connectivity index (χ3n) is 3.42. The average Bonchev–Trinajstić information content (AvgIpc) is 2.61. The van der Waals surface area contributed by atoms with Gasteiger partial charge in [0, 0.05) is 19.6 Å². The van der Waals surface area contributed by atoms with Crippen molar-refractivity contribution in [2.24, 2.45) is 5.92 Å². The zero-order valence-electron chi connectivity index (χ0n) is 10.3. The van der Waals surface area contributed by atoms with E-state index in [1.807, 2.05) is 0 Å². The molecule has 5 heteroatoms. The molecular formula is C12H22N4O. The molecular weight excluding hydrogens is 216 g/mol. The number of hydrogen-bond donors (Lipinski definition) is 2. The summed E-state index contributed by atoms with van der Waals surface area (Å²) in [6, 6.07) is 0. The Bertz CT molecular complexity index is 318. The molecule has 5 nitrogen and oxygen atoms in total. The van der Waals surface area contributed by atoms with Crippen LogP contribution in [0, 0.1) is 5.92 Å². The SMILES string of the molecule is OCCCn1cnnc1CC1CCCNCC1. The fourth-order valence-corrected chi connectivity index (χ4v) is 2.42. The fourth-order valence-electron chi connectivity index (χ4n) is 2.42. The number of nitrogens with zero attached hydrogens (tertiary/aromatic N) is 3. The van der Waals surface area contributed by atoms with Crippen LogP contribution in [-0.4, -0.2) is 39.6 Å². The van der Waals surface area contributed by atoms with Crippen LogP contribution in [0.4, 0.5) is 0 Å². The van der Waals surface area contributed by atoms with Crippen LogP contribution in [0.15, 0.2) is 6.33 Å². The molecule has 1 aliphatic heterocycles. The lowest BCUT2D eigenvalue weighted by atomic mass is 9.96. The average molecular weight is 238 g/mol. The summed E-state index contributed by atoms with van der Waals surface area (Å²) in [6.45, 7) is 3.32. The van der Waals surface area contributed by atoms with Crippen molar-refractivity contribution in [2.45, 2.75) is 38.6 Å². The summed E-state index contributed by atoms with van der Waals surface area (Å²) in [6.07, 6.45) is 7.34. The summed E-state index contributed by atoms with van der Waals surface area (Å²) in [5, 5.41) is 20.5. The van der Waals surface area contributed by atoms with Crippen LogP contribution in [0.2, 0.25) is 0 Å². The number of nitrogens with one attached hydrogen (secondary N) is 1. The second-order valence-electron chi connectivity index (χ2n) is 4.77. The van der Waals surface area contributed by atoms with Crippen molar-refractivity contribution in [2.75, 3.05) is 19.7 Å². The molecule has 17 heavy (non-hydrogen) atoms. The number of aryl methyl sites for hydroxylation is 1. The van der Waals surface area contributed by atoms with E-state index in [0.717, 1.165) is 44.2 Å². The molecule has 96 valence electrons. The van der Waals surface area contributed by atoms with E-state index in [1.165, 1.54) is 19.3 Å². The highest BCUT2D eigenvalue weighted by Crippen LogP contribution is 2.18. The van der Waals surface area contributed by atoms with Crippen LogP contribution >= 0.6 is 0 Å². The number of aromatic nitrogens is 3. The molecule has 0 aromatic carbocycles. The van der Waals surface area contributed by atoms with Crippen LogP contribution in [0.1, 0.15) is 31.5 Å². The van der Waals surface area contributed by atoms with Gasteiger partial charge in [0.15, 0.2) is 0 Å². The van der Waals surface area contributed by atoms with Crippen molar-refractivity contribution in [3.63, 3.8) is 0 Å². The maximum absolute atomic E-state index is 8.85. The summed E-state index contributed by atoms with van der Waals surface area (Å²) in [4.78, 5) is 0. The summed E-state index contributed by atoms with van der Waals surface area (Å²) in [7, 11) is 0. The highest BCUT2D eigenvalue weighted by Gasteiger charge is 2.15. The molecule has 0 amide bonds. The zero-order chi connectivity index (χ0) is 11.9. The molecule has 1 saturated heterocycles. The van der Waals surface area contributed by atoms with Crippen LogP contribution in [-0.2, 0) is 13.0 Å². The Balaban J connectivity index is 1.90. The minimum atomic E-state index is 0.227. The normalized spacial score (nSPS) is 21.4. The van der Waals surface area contributed by atoms with E-state index in [-0.39, 0.29) is 6.61 Å². The van der Waals surface area contributed by atoms with Gasteiger partial charge in [0.2, 0.25) is 0 Å². The number of hydrogen-bond acceptors (Lipinski definition) is 4. The van der Waals surface area contributed by atoms with Crippen molar-refractivity contribution in [3.05, 3.63) is 12.2 Å². The van der Waals surface area contributed by atoms with Gasteiger partial charge in [-0.3, -0.25) is 0 Å². The van der Waals surface area contributed by atoms with Gasteiger partial charge in [-0.15, -0.1) is 10.2 Å². The monoisotopic (exact) mass is 238 g/mol. The van der Waals surface area contributed by atoms with Gasteiger partial charge in [0.05, 0.1) is 0 Å². The Labute approximate surface area is 102 Å². The molecule has 1 aromatic heterocycles. The zero-order valence-corrected chi connectivity index (χ0v) is 10.3. The molecule has 1 unspecified atom stereocenters. The molecule has 1 atom stereocenters. The highest BCUT2D eigenvalue weighted by molar-refractivity contribution is 4.89. The Morgan fingerprint density at radius 2 is 2.35 bits per heavy atom. The summed E-state index contributed by atoms with van der Waals surface area (Å²) in [5.74, 6) is 1.80. The van der Waals surface area contributed by atoms with Crippen LogP contribution in [0.25, 0.3) is 0 Å². The second-order valence-corrected chi connectivity index (χ2v) is 4.77. The summed E-state index contributed by atoms with van der Waals surface area (Å²) in [5.41, 5.74) is 0. The van der Waals surface area contributed by atoms with E-state index < -0.39 is 0 Å². The fraction of sp³-hybridized carbons (Fsp3) is 0.833. The molecule has 2 N–H and O–H groups in total. The van der Waals surface area contributed by atoms with E-state index in [0.29, 0.717) is 0 Å². The van der Waals surface area contributed by atoms with Crippen molar-refractivity contribution in [1.82, 2.24) is 20.1 Å². The number of aliphatic hydroxyl groups excluding tert-OH is 1. The predicted molar refractivity (Wildman–Crippen MR) is 65.6 cm³/mol. The third-order valence-corrected chi connectivity index (χ3v) is 3.42. The van der Waals surface area contributed by atoms with Crippen molar-refractivity contribution in [3.8, 4) is 0 Å². The van der Waals surface area contributed by atoms with Crippen LogP contribution in [0.5, 0.6) is 0 Å². The van der Waals surface area contributed by atoms with Gasteiger partial charge in [-0.25, -0.2) is 0 Å². The van der Waals surface area contributed by atoms with Crippen molar-refractivity contribution >= 4 is 0 Å². The topological polar surface area (TPSA) is 63.0 Å². The van der Waals surface area contributed by atoms with E-state index in [2.05, 4.69) is 20.1 Å². The third kappa shape index (κ3) is 3.78. The Morgan fingerprint density at radius 1 is 1.41 bits per heavy atom. The predicted octanol–water partition coefficient (Wildman–Crippen LogP) is 0.593. The van der Waals surface area contributed by atoms with Gasteiger partial charge in [0.1, 0.15) is 12.2 Å². The molecule has 1 aromatic rings. The minimum absolute atomic E-state index is 0.227. The molecule has 0 radical (unpaired) electrons. The molecule has 1 aliphatic rings. The lowest BCUT2D eigenvalue weighted by Gasteiger charge is -2.13. The number of rotatable bonds is 5. The van der Waals surface area contributed by atoms with Gasteiger partial charge in [-0.05, 0) is 44.7 Å². The first-order chi connectivity index (χ1) is 8.40. The first kappa shape index (κ1) is 12.5. The van der Waals surface area contributed by atoms with Crippen LogP contribution < -0.4 is 5.32 Å². The van der Waals surface area contributed by atoms with Gasteiger partial charge in [0.25, 0.3) is 0 Å². The van der Waals surface area contributed by atoms with Crippen LogP contribution in [0.3, 0.4) is 0 Å². The van der Waals surface area contributed by atoms with E-state index in [4.69, 9.17) is 5.11 Å². The van der Waals surface area contributed by atoms with E-state index in [9.17, 15) is 0 Å². The van der Waals surface area contributed by atoms with Crippen molar-refractivity contribution in [1.29, 1.82) is 0 Å². The van der Waals surface area contributed by atoms with Gasteiger partial charge in [-0.1, -0.05) is 0 Å². The molecule has 2 rings (SSSR count). The maximum Gasteiger partial charge on any atom is 0.133 e. The van der Waals surface area contributed by atoms with Gasteiger partial charge >= 0.3 is 0 Å².